The van der Waals surface area contributed by atoms with Gasteiger partial charge in [-0.1, -0.05) is 38.1 Å². The zero-order chi connectivity index (χ0) is 20.4. The minimum atomic E-state index is -0.476. The third-order valence-corrected chi connectivity index (χ3v) is 6.08. The summed E-state index contributed by atoms with van der Waals surface area (Å²) in [5.74, 6) is 0.399. The molecule has 1 aliphatic heterocycles. The highest BCUT2D eigenvalue weighted by Crippen LogP contribution is 2.44. The first kappa shape index (κ1) is 19.5. The fraction of sp³-hybridized carbons (Fsp3) is 0.304. The Bertz CT molecular complexity index is 979. The van der Waals surface area contributed by atoms with Gasteiger partial charge in [0.25, 0.3) is 5.91 Å². The molecule has 0 saturated carbocycles. The molecule has 2 atom stereocenters. The number of carbonyl (C=O) groups is 2. The summed E-state index contributed by atoms with van der Waals surface area (Å²) in [7, 11) is 0. The molecular formula is C23H24N2O3S. The molecule has 1 N–H and O–H groups in total. The van der Waals surface area contributed by atoms with Crippen LogP contribution in [-0.4, -0.2) is 23.3 Å². The van der Waals surface area contributed by atoms with Crippen LogP contribution in [0.5, 0.6) is 0 Å². The molecule has 0 fully saturated rings. The second-order valence-corrected chi connectivity index (χ2v) is 8.65. The van der Waals surface area contributed by atoms with E-state index in [1.54, 1.807) is 23.7 Å². The highest BCUT2D eigenvalue weighted by atomic mass is 32.1. The van der Waals surface area contributed by atoms with E-state index in [4.69, 9.17) is 4.42 Å². The predicted molar refractivity (Wildman–Crippen MR) is 113 cm³/mol. The van der Waals surface area contributed by atoms with Gasteiger partial charge in [-0.25, -0.2) is 0 Å². The third-order valence-electron chi connectivity index (χ3n) is 5.13. The van der Waals surface area contributed by atoms with Crippen molar-refractivity contribution in [3.8, 4) is 0 Å². The SMILES string of the molecule is CC(C)CN1C(=O)c2ccccc2[C@@H](C(=O)NCc2ccco2)[C@@H]1c1cccs1. The van der Waals surface area contributed by atoms with E-state index in [1.165, 1.54) is 0 Å². The number of hydrogen-bond acceptors (Lipinski definition) is 4. The number of hydrogen-bond donors (Lipinski definition) is 1. The fourth-order valence-electron chi connectivity index (χ4n) is 3.94. The van der Waals surface area contributed by atoms with Crippen molar-refractivity contribution in [2.24, 2.45) is 5.92 Å². The minimum absolute atomic E-state index is 0.0113. The number of furan rings is 1. The van der Waals surface area contributed by atoms with Gasteiger partial charge in [-0.05, 0) is 41.1 Å². The molecule has 1 aromatic carbocycles. The van der Waals surface area contributed by atoms with Crippen molar-refractivity contribution in [2.75, 3.05) is 6.54 Å². The quantitative estimate of drug-likeness (QED) is 0.649. The summed E-state index contributed by atoms with van der Waals surface area (Å²) in [6.45, 7) is 5.09. The summed E-state index contributed by atoms with van der Waals surface area (Å²) in [6.07, 6.45) is 1.59. The molecule has 2 amide bonds. The minimum Gasteiger partial charge on any atom is -0.467 e. The Kier molecular flexibility index (Phi) is 5.53. The first-order chi connectivity index (χ1) is 14.1. The van der Waals surface area contributed by atoms with Crippen molar-refractivity contribution in [3.05, 3.63) is 81.9 Å². The van der Waals surface area contributed by atoms with E-state index in [0.29, 0.717) is 30.3 Å². The van der Waals surface area contributed by atoms with Gasteiger partial charge in [0.1, 0.15) is 5.76 Å². The Morgan fingerprint density at radius 2 is 2.00 bits per heavy atom. The molecule has 3 aromatic rings. The highest BCUT2D eigenvalue weighted by Gasteiger charge is 2.44. The second-order valence-electron chi connectivity index (χ2n) is 7.67. The summed E-state index contributed by atoms with van der Waals surface area (Å²) in [6, 6.07) is 14.8. The smallest absolute Gasteiger partial charge is 0.254 e. The van der Waals surface area contributed by atoms with E-state index < -0.39 is 5.92 Å². The zero-order valence-electron chi connectivity index (χ0n) is 16.5. The lowest BCUT2D eigenvalue weighted by Gasteiger charge is -2.42. The number of carbonyl (C=O) groups excluding carboxylic acids is 2. The maximum Gasteiger partial charge on any atom is 0.254 e. The van der Waals surface area contributed by atoms with Crippen molar-refractivity contribution in [1.29, 1.82) is 0 Å². The van der Waals surface area contributed by atoms with Crippen LogP contribution in [0.3, 0.4) is 0 Å². The molecule has 3 heterocycles. The highest BCUT2D eigenvalue weighted by molar-refractivity contribution is 7.10. The lowest BCUT2D eigenvalue weighted by Crippen LogP contribution is -2.48. The molecule has 0 radical (unpaired) electrons. The number of amides is 2. The molecule has 0 unspecified atom stereocenters. The molecule has 0 saturated heterocycles. The molecule has 0 spiro atoms. The van der Waals surface area contributed by atoms with Crippen molar-refractivity contribution in [1.82, 2.24) is 10.2 Å². The van der Waals surface area contributed by atoms with E-state index in [9.17, 15) is 9.59 Å². The van der Waals surface area contributed by atoms with Crippen molar-refractivity contribution < 1.29 is 14.0 Å². The van der Waals surface area contributed by atoms with Gasteiger partial charge in [-0.15, -0.1) is 11.3 Å². The average molecular weight is 409 g/mol. The van der Waals surface area contributed by atoms with Crippen LogP contribution >= 0.6 is 11.3 Å². The zero-order valence-corrected chi connectivity index (χ0v) is 17.3. The average Bonchev–Trinajstić information content (AvgIpc) is 3.42. The number of fused-ring (bicyclic) bond motifs is 1. The summed E-state index contributed by atoms with van der Waals surface area (Å²) < 4.78 is 5.35. The Morgan fingerprint density at radius 1 is 1.17 bits per heavy atom. The molecular weight excluding hydrogens is 384 g/mol. The molecule has 2 aromatic heterocycles. The van der Waals surface area contributed by atoms with Gasteiger partial charge in [0, 0.05) is 17.0 Å². The summed E-state index contributed by atoms with van der Waals surface area (Å²) >= 11 is 1.58. The van der Waals surface area contributed by atoms with Crippen LogP contribution < -0.4 is 5.32 Å². The van der Waals surface area contributed by atoms with Crippen LogP contribution in [0.1, 0.15) is 52.4 Å². The van der Waals surface area contributed by atoms with E-state index in [2.05, 4.69) is 19.2 Å². The summed E-state index contributed by atoms with van der Waals surface area (Å²) in [4.78, 5) is 29.7. The standard InChI is InChI=1S/C23H24N2O3S/c1-15(2)14-25-21(19-10-6-12-29-19)20(17-8-3-4-9-18(17)23(25)27)22(26)24-13-16-7-5-11-28-16/h3-12,15,20-21H,13-14H2,1-2H3,(H,24,26)/t20-,21+/m1/s1. The Balaban J connectivity index is 1.76. The normalized spacial score (nSPS) is 18.7. The van der Waals surface area contributed by atoms with E-state index in [-0.39, 0.29) is 17.9 Å². The molecule has 5 nitrogen and oxygen atoms in total. The Morgan fingerprint density at radius 3 is 2.69 bits per heavy atom. The van der Waals surface area contributed by atoms with Gasteiger partial charge in [-0.2, -0.15) is 0 Å². The molecule has 150 valence electrons. The van der Waals surface area contributed by atoms with Gasteiger partial charge in [-0.3, -0.25) is 9.59 Å². The lowest BCUT2D eigenvalue weighted by atomic mass is 9.81. The molecule has 0 bridgehead atoms. The van der Waals surface area contributed by atoms with Gasteiger partial charge < -0.3 is 14.6 Å². The van der Waals surface area contributed by atoms with Crippen molar-refractivity contribution in [3.63, 3.8) is 0 Å². The van der Waals surface area contributed by atoms with Crippen molar-refractivity contribution in [2.45, 2.75) is 32.4 Å². The number of thiophene rings is 1. The molecule has 4 rings (SSSR count). The molecule has 0 aliphatic carbocycles. The van der Waals surface area contributed by atoms with E-state index in [1.807, 2.05) is 52.7 Å². The summed E-state index contributed by atoms with van der Waals surface area (Å²) in [5, 5.41) is 5.00. The fourth-order valence-corrected chi connectivity index (χ4v) is 4.82. The van der Waals surface area contributed by atoms with Gasteiger partial charge in [0.15, 0.2) is 0 Å². The van der Waals surface area contributed by atoms with E-state index in [0.717, 1.165) is 10.4 Å². The second kappa shape index (κ2) is 8.25. The van der Waals surface area contributed by atoms with Gasteiger partial charge >= 0.3 is 0 Å². The number of nitrogens with one attached hydrogen (secondary N) is 1. The summed E-state index contributed by atoms with van der Waals surface area (Å²) in [5.41, 5.74) is 1.40. The van der Waals surface area contributed by atoms with Crippen LogP contribution in [0.4, 0.5) is 0 Å². The van der Waals surface area contributed by atoms with Gasteiger partial charge in [0.2, 0.25) is 5.91 Å². The van der Waals surface area contributed by atoms with Crippen LogP contribution in [0.15, 0.2) is 64.6 Å². The monoisotopic (exact) mass is 408 g/mol. The van der Waals surface area contributed by atoms with Crippen LogP contribution in [0.2, 0.25) is 0 Å². The van der Waals surface area contributed by atoms with Crippen LogP contribution in [0.25, 0.3) is 0 Å². The van der Waals surface area contributed by atoms with Crippen LogP contribution in [-0.2, 0) is 11.3 Å². The molecule has 29 heavy (non-hydrogen) atoms. The van der Waals surface area contributed by atoms with Crippen molar-refractivity contribution >= 4 is 23.2 Å². The molecule has 6 heteroatoms. The van der Waals surface area contributed by atoms with Gasteiger partial charge in [0.05, 0.1) is 24.8 Å². The number of rotatable bonds is 6. The lowest BCUT2D eigenvalue weighted by molar-refractivity contribution is -0.124. The number of benzene rings is 1. The Labute approximate surface area is 174 Å². The molecule has 1 aliphatic rings. The predicted octanol–water partition coefficient (Wildman–Crippen LogP) is 4.59. The topological polar surface area (TPSA) is 62.6 Å². The maximum atomic E-state index is 13.4. The largest absolute Gasteiger partial charge is 0.467 e. The number of nitrogens with zero attached hydrogens (tertiary/aromatic N) is 1. The van der Waals surface area contributed by atoms with Crippen LogP contribution in [0, 0.1) is 5.92 Å². The van der Waals surface area contributed by atoms with E-state index >= 15 is 0 Å². The Hall–Kier alpha value is -2.86. The maximum absolute atomic E-state index is 13.4. The third kappa shape index (κ3) is 3.85. The first-order valence-corrected chi connectivity index (χ1v) is 10.7. The first-order valence-electron chi connectivity index (χ1n) is 9.79.